The average Bonchev–Trinajstić information content (AvgIpc) is 3.44. The lowest BCUT2D eigenvalue weighted by Gasteiger charge is -2.37. The van der Waals surface area contributed by atoms with Gasteiger partial charge in [-0.1, -0.05) is 24.3 Å². The Morgan fingerprint density at radius 3 is 2.42 bits per heavy atom. The Morgan fingerprint density at radius 1 is 1.16 bits per heavy atom. The highest BCUT2D eigenvalue weighted by Gasteiger charge is 2.47. The molecule has 2 aliphatic rings. The number of aliphatic carboxylic acids is 1. The van der Waals surface area contributed by atoms with Crippen LogP contribution in [0.3, 0.4) is 0 Å². The molecule has 1 atom stereocenters. The Bertz CT molecular complexity index is 1070. The van der Waals surface area contributed by atoms with Crippen molar-refractivity contribution in [3.63, 3.8) is 0 Å². The summed E-state index contributed by atoms with van der Waals surface area (Å²) in [7, 11) is 0. The Labute approximate surface area is 175 Å². The Balaban J connectivity index is 0.000000289. The summed E-state index contributed by atoms with van der Waals surface area (Å²) in [4.78, 5) is 23.2. The van der Waals surface area contributed by atoms with Crippen LogP contribution in [0.2, 0.25) is 0 Å². The number of benzene rings is 1. The lowest BCUT2D eigenvalue weighted by molar-refractivity contribution is -0.192. The molecule has 1 fully saturated rings. The van der Waals surface area contributed by atoms with Gasteiger partial charge in [0.05, 0.1) is 17.0 Å². The summed E-state index contributed by atoms with van der Waals surface area (Å²) in [5, 5.41) is 19.6. The predicted molar refractivity (Wildman–Crippen MR) is 107 cm³/mol. The first-order valence-corrected chi connectivity index (χ1v) is 9.83. The van der Waals surface area contributed by atoms with Crippen molar-refractivity contribution in [1.82, 2.24) is 15.0 Å². The number of aromatic amines is 1. The van der Waals surface area contributed by atoms with Crippen molar-refractivity contribution < 1.29 is 28.2 Å². The minimum absolute atomic E-state index is 0.0953. The van der Waals surface area contributed by atoms with Crippen molar-refractivity contribution in [3.8, 4) is 0 Å². The molecule has 1 aliphatic carbocycles. The van der Waals surface area contributed by atoms with E-state index in [1.54, 1.807) is 6.33 Å². The molecule has 164 valence electrons. The summed E-state index contributed by atoms with van der Waals surface area (Å²) in [6.07, 6.45) is 1.96. The number of nitrogens with one attached hydrogen (secondary N) is 1. The number of rotatable bonds is 2. The third-order valence-electron chi connectivity index (χ3n) is 5.83. The number of aliphatic hydroxyl groups is 1. The molecule has 1 saturated heterocycles. The van der Waals surface area contributed by atoms with E-state index in [0.29, 0.717) is 0 Å². The molecule has 0 radical (unpaired) electrons. The second-order valence-corrected chi connectivity index (χ2v) is 7.82. The second-order valence-electron chi connectivity index (χ2n) is 7.82. The molecule has 0 saturated carbocycles. The van der Waals surface area contributed by atoms with E-state index in [-0.39, 0.29) is 6.04 Å². The summed E-state index contributed by atoms with van der Waals surface area (Å²) in [5.41, 5.74) is 2.70. The molecule has 10 heteroatoms. The third kappa shape index (κ3) is 4.07. The quantitative estimate of drug-likeness (QED) is 0.573. The normalized spacial score (nSPS) is 19.7. The number of fused-ring (bicyclic) bond motifs is 2. The van der Waals surface area contributed by atoms with Crippen LogP contribution in [-0.2, 0) is 17.6 Å². The van der Waals surface area contributed by atoms with E-state index in [0.717, 1.165) is 49.1 Å². The van der Waals surface area contributed by atoms with E-state index in [4.69, 9.17) is 9.90 Å². The molecule has 0 bridgehead atoms. The summed E-state index contributed by atoms with van der Waals surface area (Å²) in [5.74, 6) is -1.82. The fourth-order valence-corrected chi connectivity index (χ4v) is 4.53. The van der Waals surface area contributed by atoms with E-state index < -0.39 is 17.7 Å². The maximum absolute atomic E-state index is 11.5. The van der Waals surface area contributed by atoms with Gasteiger partial charge in [0.1, 0.15) is 17.8 Å². The zero-order valence-corrected chi connectivity index (χ0v) is 16.4. The summed E-state index contributed by atoms with van der Waals surface area (Å²) in [6, 6.07) is 10.5. The van der Waals surface area contributed by atoms with Crippen molar-refractivity contribution in [2.75, 3.05) is 11.4 Å². The highest BCUT2D eigenvalue weighted by molar-refractivity contribution is 5.87. The first-order chi connectivity index (χ1) is 14.7. The number of hydrogen-bond acceptors (Lipinski definition) is 5. The molecule has 31 heavy (non-hydrogen) atoms. The van der Waals surface area contributed by atoms with E-state index >= 15 is 0 Å². The van der Waals surface area contributed by atoms with E-state index in [1.165, 1.54) is 11.1 Å². The standard InChI is InChI=1S/C19H20N4O.C2HF3O2/c24-19(10-13-4-1-2-5-14(13)11-19)16-6-3-9-23(16)18-15-7-8-20-17(15)21-12-22-18;3-2(4,5)1(6)7/h1-2,4-5,7-8,12,16,24H,3,6,9-11H2,(H,20,21,22);(H,6,7)/t16-;/m1./s1. The third-order valence-corrected chi connectivity index (χ3v) is 5.83. The molecular formula is C21H21F3N4O3. The van der Waals surface area contributed by atoms with Gasteiger partial charge < -0.3 is 20.1 Å². The Morgan fingerprint density at radius 2 is 1.81 bits per heavy atom. The first-order valence-electron chi connectivity index (χ1n) is 9.83. The number of hydrogen-bond donors (Lipinski definition) is 3. The van der Waals surface area contributed by atoms with Gasteiger partial charge in [0.15, 0.2) is 0 Å². The SMILES string of the molecule is O=C(O)C(F)(F)F.OC1([C@H]2CCCN2c2ncnc3[nH]ccc23)Cc2ccccc2C1. The number of carbonyl (C=O) groups is 1. The zero-order valence-electron chi connectivity index (χ0n) is 16.4. The number of anilines is 1. The van der Waals surface area contributed by atoms with Gasteiger partial charge in [0.2, 0.25) is 0 Å². The minimum Gasteiger partial charge on any atom is -0.475 e. The molecule has 1 aromatic carbocycles. The van der Waals surface area contributed by atoms with E-state index in [1.807, 2.05) is 12.3 Å². The first kappa shape index (κ1) is 21.1. The van der Waals surface area contributed by atoms with Gasteiger partial charge in [0.25, 0.3) is 0 Å². The van der Waals surface area contributed by atoms with Gasteiger partial charge >= 0.3 is 12.1 Å². The van der Waals surface area contributed by atoms with Crippen LogP contribution in [0, 0.1) is 0 Å². The monoisotopic (exact) mass is 434 g/mol. The van der Waals surface area contributed by atoms with E-state index in [2.05, 4.69) is 44.1 Å². The van der Waals surface area contributed by atoms with Gasteiger partial charge in [-0.3, -0.25) is 0 Å². The van der Waals surface area contributed by atoms with Crippen LogP contribution in [-0.4, -0.2) is 55.5 Å². The maximum Gasteiger partial charge on any atom is 0.490 e. The van der Waals surface area contributed by atoms with Crippen LogP contribution in [0.4, 0.5) is 19.0 Å². The molecule has 1 aliphatic heterocycles. The summed E-state index contributed by atoms with van der Waals surface area (Å²) < 4.78 is 31.7. The molecule has 0 spiro atoms. The number of carboxylic acids is 1. The summed E-state index contributed by atoms with van der Waals surface area (Å²) >= 11 is 0. The van der Waals surface area contributed by atoms with Gasteiger partial charge in [-0.2, -0.15) is 13.2 Å². The molecule has 3 heterocycles. The number of carboxylic acid groups (broad SMARTS) is 1. The Hall–Kier alpha value is -3.14. The van der Waals surface area contributed by atoms with E-state index in [9.17, 15) is 18.3 Å². The Kier molecular flexibility index (Phi) is 5.34. The zero-order chi connectivity index (χ0) is 22.2. The molecule has 0 unspecified atom stereocenters. The second kappa shape index (κ2) is 7.84. The maximum atomic E-state index is 11.5. The van der Waals surface area contributed by atoms with Crippen LogP contribution in [0.15, 0.2) is 42.9 Å². The smallest absolute Gasteiger partial charge is 0.475 e. The van der Waals surface area contributed by atoms with Crippen molar-refractivity contribution in [3.05, 3.63) is 54.0 Å². The van der Waals surface area contributed by atoms with Crippen molar-refractivity contribution in [2.45, 2.75) is 43.5 Å². The number of aromatic nitrogens is 3. The number of halogens is 3. The molecule has 3 N–H and O–H groups in total. The number of alkyl halides is 3. The number of nitrogens with zero attached hydrogens (tertiary/aromatic N) is 3. The number of H-pyrrole nitrogens is 1. The van der Waals surface area contributed by atoms with Crippen LogP contribution in [0.1, 0.15) is 24.0 Å². The fraction of sp³-hybridized carbons (Fsp3) is 0.381. The van der Waals surface area contributed by atoms with Gasteiger partial charge in [-0.15, -0.1) is 0 Å². The molecule has 2 aromatic heterocycles. The van der Waals surface area contributed by atoms with Crippen molar-refractivity contribution >= 4 is 22.8 Å². The van der Waals surface area contributed by atoms with Crippen LogP contribution in [0.5, 0.6) is 0 Å². The highest BCUT2D eigenvalue weighted by atomic mass is 19.4. The van der Waals surface area contributed by atoms with Crippen LogP contribution < -0.4 is 4.90 Å². The van der Waals surface area contributed by atoms with Crippen molar-refractivity contribution in [1.29, 1.82) is 0 Å². The van der Waals surface area contributed by atoms with Gasteiger partial charge in [-0.05, 0) is 30.0 Å². The molecule has 0 amide bonds. The molecule has 7 nitrogen and oxygen atoms in total. The molecular weight excluding hydrogens is 413 g/mol. The predicted octanol–water partition coefficient (Wildman–Crippen LogP) is 3.09. The molecule has 5 rings (SSSR count). The lowest BCUT2D eigenvalue weighted by atomic mass is 9.89. The average molecular weight is 434 g/mol. The van der Waals surface area contributed by atoms with Gasteiger partial charge in [-0.25, -0.2) is 14.8 Å². The highest BCUT2D eigenvalue weighted by Crippen LogP contribution is 2.40. The summed E-state index contributed by atoms with van der Waals surface area (Å²) in [6.45, 7) is 0.931. The van der Waals surface area contributed by atoms with Crippen molar-refractivity contribution in [2.24, 2.45) is 0 Å². The lowest BCUT2D eigenvalue weighted by Crippen LogP contribution is -2.51. The topological polar surface area (TPSA) is 102 Å². The van der Waals surface area contributed by atoms with Crippen LogP contribution in [0.25, 0.3) is 11.0 Å². The minimum atomic E-state index is -5.08. The van der Waals surface area contributed by atoms with Gasteiger partial charge in [0, 0.05) is 25.6 Å². The fourth-order valence-electron chi connectivity index (χ4n) is 4.53. The largest absolute Gasteiger partial charge is 0.490 e. The molecule has 3 aromatic rings. The van der Waals surface area contributed by atoms with Crippen LogP contribution >= 0.6 is 0 Å².